The summed E-state index contributed by atoms with van der Waals surface area (Å²) in [5.41, 5.74) is 1.38. The van der Waals surface area contributed by atoms with E-state index in [-0.39, 0.29) is 5.92 Å². The van der Waals surface area contributed by atoms with Crippen LogP contribution in [0.15, 0.2) is 72.9 Å². The van der Waals surface area contributed by atoms with Gasteiger partial charge in [0.15, 0.2) is 0 Å². The highest BCUT2D eigenvalue weighted by Gasteiger charge is 2.37. The van der Waals surface area contributed by atoms with Crippen molar-refractivity contribution < 1.29 is 9.84 Å². The maximum Gasteiger partial charge on any atom is 0.118 e. The van der Waals surface area contributed by atoms with Gasteiger partial charge in [-0.2, -0.15) is 0 Å². The largest absolute Gasteiger partial charge is 0.497 e. The zero-order chi connectivity index (χ0) is 17.9. The maximum atomic E-state index is 11.5. The number of benzene rings is 2. The van der Waals surface area contributed by atoms with Crippen molar-refractivity contribution in [3.8, 4) is 5.75 Å². The van der Waals surface area contributed by atoms with Crippen LogP contribution in [-0.2, 0) is 5.60 Å². The van der Waals surface area contributed by atoms with Crippen LogP contribution in [0.1, 0.15) is 29.7 Å². The van der Waals surface area contributed by atoms with Gasteiger partial charge in [-0.05, 0) is 54.4 Å². The van der Waals surface area contributed by atoms with Crippen molar-refractivity contribution >= 4 is 11.6 Å². The molecule has 0 aliphatic heterocycles. The molecule has 4 heteroatoms. The van der Waals surface area contributed by atoms with Gasteiger partial charge >= 0.3 is 0 Å². The highest BCUT2D eigenvalue weighted by molar-refractivity contribution is 6.30. The molecular weight excluding hydrogens is 334 g/mol. The molecule has 2 atom stereocenters. The predicted octanol–water partition coefficient (Wildman–Crippen LogP) is 4.78. The van der Waals surface area contributed by atoms with Crippen molar-refractivity contribution in [3.63, 3.8) is 0 Å². The van der Waals surface area contributed by atoms with E-state index in [0.717, 1.165) is 22.6 Å². The lowest BCUT2D eigenvalue weighted by Crippen LogP contribution is -2.31. The van der Waals surface area contributed by atoms with Crippen LogP contribution < -0.4 is 4.74 Å². The standard InChI is InChI=1S/C21H20ClNO2/c1-21(24,16-8-12-18(25-2)13-9-16)20(19-5-3-4-14-23-19)15-6-10-17(22)11-7-15/h3-14,20,24H,1-2H3/t20-,21+/m1/s1. The number of halogens is 1. The molecular formula is C21H20ClNO2. The Morgan fingerprint density at radius 3 is 2.24 bits per heavy atom. The van der Waals surface area contributed by atoms with Gasteiger partial charge in [0, 0.05) is 11.2 Å². The lowest BCUT2D eigenvalue weighted by atomic mass is 9.76. The van der Waals surface area contributed by atoms with E-state index in [1.807, 2.05) is 73.7 Å². The molecule has 0 amide bonds. The summed E-state index contributed by atoms with van der Waals surface area (Å²) >= 11 is 6.03. The van der Waals surface area contributed by atoms with Gasteiger partial charge < -0.3 is 9.84 Å². The van der Waals surface area contributed by atoms with Crippen molar-refractivity contribution in [2.45, 2.75) is 18.4 Å². The summed E-state index contributed by atoms with van der Waals surface area (Å²) < 4.78 is 5.22. The van der Waals surface area contributed by atoms with E-state index in [1.165, 1.54) is 0 Å². The van der Waals surface area contributed by atoms with Crippen molar-refractivity contribution in [3.05, 3.63) is 94.8 Å². The first-order chi connectivity index (χ1) is 12.0. The molecule has 3 nitrogen and oxygen atoms in total. The van der Waals surface area contributed by atoms with E-state index >= 15 is 0 Å². The number of aliphatic hydroxyl groups is 1. The molecule has 1 aromatic heterocycles. The molecule has 0 saturated carbocycles. The Labute approximate surface area is 152 Å². The first-order valence-corrected chi connectivity index (χ1v) is 8.43. The van der Waals surface area contributed by atoms with E-state index in [4.69, 9.17) is 16.3 Å². The fourth-order valence-electron chi connectivity index (χ4n) is 3.08. The smallest absolute Gasteiger partial charge is 0.118 e. The quantitative estimate of drug-likeness (QED) is 0.717. The SMILES string of the molecule is COc1ccc([C@](C)(O)[C@H](c2ccc(Cl)cc2)c2ccccn2)cc1. The van der Waals surface area contributed by atoms with Crippen LogP contribution in [0.3, 0.4) is 0 Å². The van der Waals surface area contributed by atoms with Crippen molar-refractivity contribution in [1.29, 1.82) is 0 Å². The second kappa shape index (κ2) is 7.26. The molecule has 128 valence electrons. The van der Waals surface area contributed by atoms with Crippen LogP contribution >= 0.6 is 11.6 Å². The molecule has 0 spiro atoms. The topological polar surface area (TPSA) is 42.4 Å². The number of hydrogen-bond donors (Lipinski definition) is 1. The lowest BCUT2D eigenvalue weighted by molar-refractivity contribution is 0.0380. The maximum absolute atomic E-state index is 11.5. The fraction of sp³-hybridized carbons (Fsp3) is 0.190. The second-order valence-electron chi connectivity index (χ2n) is 6.12. The van der Waals surface area contributed by atoms with Gasteiger partial charge in [0.2, 0.25) is 0 Å². The monoisotopic (exact) mass is 353 g/mol. The van der Waals surface area contributed by atoms with E-state index in [9.17, 15) is 5.11 Å². The molecule has 3 aromatic rings. The second-order valence-corrected chi connectivity index (χ2v) is 6.55. The van der Waals surface area contributed by atoms with E-state index in [2.05, 4.69) is 4.98 Å². The molecule has 3 rings (SSSR count). The molecule has 0 radical (unpaired) electrons. The number of nitrogens with zero attached hydrogens (tertiary/aromatic N) is 1. The molecule has 0 saturated heterocycles. The Kier molecular flexibility index (Phi) is 5.07. The minimum atomic E-state index is -1.16. The zero-order valence-electron chi connectivity index (χ0n) is 14.2. The third kappa shape index (κ3) is 3.68. The average Bonchev–Trinajstić information content (AvgIpc) is 2.64. The number of ether oxygens (including phenoxy) is 1. The highest BCUT2D eigenvalue weighted by Crippen LogP contribution is 2.41. The van der Waals surface area contributed by atoms with Gasteiger partial charge in [-0.15, -0.1) is 0 Å². The molecule has 0 fully saturated rings. The molecule has 1 heterocycles. The van der Waals surface area contributed by atoms with Crippen LogP contribution in [0.4, 0.5) is 0 Å². The molecule has 0 aliphatic carbocycles. The molecule has 2 aromatic carbocycles. The fourth-order valence-corrected chi connectivity index (χ4v) is 3.21. The van der Waals surface area contributed by atoms with Crippen LogP contribution in [0.5, 0.6) is 5.75 Å². The summed E-state index contributed by atoms with van der Waals surface area (Å²) in [5.74, 6) is 0.416. The van der Waals surface area contributed by atoms with Gasteiger partial charge in [-0.3, -0.25) is 4.98 Å². The van der Waals surface area contributed by atoms with Gasteiger partial charge in [0.25, 0.3) is 0 Å². The molecule has 0 unspecified atom stereocenters. The number of methoxy groups -OCH3 is 1. The Morgan fingerprint density at radius 2 is 1.68 bits per heavy atom. The van der Waals surface area contributed by atoms with Gasteiger partial charge in [-0.1, -0.05) is 41.9 Å². The Bertz CT molecular complexity index is 815. The van der Waals surface area contributed by atoms with Crippen molar-refractivity contribution in [2.24, 2.45) is 0 Å². The van der Waals surface area contributed by atoms with Gasteiger partial charge in [0.1, 0.15) is 5.75 Å². The summed E-state index contributed by atoms with van der Waals surface area (Å²) in [4.78, 5) is 4.49. The molecule has 1 N–H and O–H groups in total. The average molecular weight is 354 g/mol. The van der Waals surface area contributed by atoms with Gasteiger partial charge in [0.05, 0.1) is 24.3 Å². The number of rotatable bonds is 5. The van der Waals surface area contributed by atoms with Crippen molar-refractivity contribution in [1.82, 2.24) is 4.98 Å². The first-order valence-electron chi connectivity index (χ1n) is 8.05. The van der Waals surface area contributed by atoms with Crippen molar-refractivity contribution in [2.75, 3.05) is 7.11 Å². The van der Waals surface area contributed by atoms with Crippen LogP contribution in [0, 0.1) is 0 Å². The summed E-state index contributed by atoms with van der Waals surface area (Å²) in [6.45, 7) is 1.81. The number of pyridine rings is 1. The van der Waals surface area contributed by atoms with Gasteiger partial charge in [-0.25, -0.2) is 0 Å². The summed E-state index contributed by atoms with van der Waals surface area (Å²) in [7, 11) is 1.62. The van der Waals surface area contributed by atoms with E-state index in [1.54, 1.807) is 13.3 Å². The first kappa shape index (κ1) is 17.5. The van der Waals surface area contributed by atoms with Crippen LogP contribution in [-0.4, -0.2) is 17.2 Å². The third-order valence-electron chi connectivity index (χ3n) is 4.42. The minimum absolute atomic E-state index is 0.334. The Morgan fingerprint density at radius 1 is 1.00 bits per heavy atom. The molecule has 25 heavy (non-hydrogen) atoms. The predicted molar refractivity (Wildman–Crippen MR) is 100 cm³/mol. The third-order valence-corrected chi connectivity index (χ3v) is 4.68. The lowest BCUT2D eigenvalue weighted by Gasteiger charge is -2.33. The van der Waals surface area contributed by atoms with E-state index in [0.29, 0.717) is 5.02 Å². The molecule has 0 bridgehead atoms. The Hall–Kier alpha value is -2.36. The zero-order valence-corrected chi connectivity index (χ0v) is 14.9. The van der Waals surface area contributed by atoms with E-state index < -0.39 is 5.60 Å². The summed E-state index contributed by atoms with van der Waals surface area (Å²) in [5, 5.41) is 12.1. The Balaban J connectivity index is 2.10. The number of hydrogen-bond acceptors (Lipinski definition) is 3. The van der Waals surface area contributed by atoms with Crippen LogP contribution in [0.25, 0.3) is 0 Å². The minimum Gasteiger partial charge on any atom is -0.497 e. The summed E-state index contributed by atoms with van der Waals surface area (Å²) in [6, 6.07) is 20.7. The summed E-state index contributed by atoms with van der Waals surface area (Å²) in [6.07, 6.45) is 1.74. The number of aromatic nitrogens is 1. The normalized spacial score (nSPS) is 14.6. The molecule has 0 aliphatic rings. The highest BCUT2D eigenvalue weighted by atomic mass is 35.5. The van der Waals surface area contributed by atoms with Crippen LogP contribution in [0.2, 0.25) is 5.02 Å².